The monoisotopic (exact) mass is 621 g/mol. The number of nitrogens with zero attached hydrogens (tertiary/aromatic N) is 4. The first-order valence-corrected chi connectivity index (χ1v) is 15.7. The van der Waals surface area contributed by atoms with Crippen molar-refractivity contribution in [3.8, 4) is 0 Å². The summed E-state index contributed by atoms with van der Waals surface area (Å²) >= 11 is 0. The largest absolute Gasteiger partial charge is 0.451 e. The number of benzene rings is 4. The minimum absolute atomic E-state index is 0.00584. The van der Waals surface area contributed by atoms with Crippen molar-refractivity contribution >= 4 is 60.7 Å². The van der Waals surface area contributed by atoms with Crippen LogP contribution in [0.5, 0.6) is 0 Å². The third kappa shape index (κ3) is 4.45. The number of amides is 1. The van der Waals surface area contributed by atoms with Gasteiger partial charge in [-0.1, -0.05) is 24.3 Å². The van der Waals surface area contributed by atoms with E-state index in [-0.39, 0.29) is 49.4 Å². The highest BCUT2D eigenvalue weighted by atomic mass is 19.1. The summed E-state index contributed by atoms with van der Waals surface area (Å²) in [7, 11) is 2.00. The van der Waals surface area contributed by atoms with Gasteiger partial charge in [-0.3, -0.25) is 19.2 Å². The lowest BCUT2D eigenvalue weighted by atomic mass is 10.0. The van der Waals surface area contributed by atoms with E-state index in [0.717, 1.165) is 25.9 Å². The maximum absolute atomic E-state index is 16.1. The molecule has 0 atom stereocenters. The third-order valence-electron chi connectivity index (χ3n) is 9.62. The molecule has 234 valence electrons. The van der Waals surface area contributed by atoms with Crippen molar-refractivity contribution in [2.24, 2.45) is 0 Å². The van der Waals surface area contributed by atoms with Crippen LogP contribution in [-0.4, -0.2) is 79.5 Å². The smallest absolute Gasteiger partial charge is 0.256 e. The molecule has 10 nitrogen and oxygen atoms in total. The molecule has 0 radical (unpaired) electrons. The second-order valence-electron chi connectivity index (χ2n) is 12.4. The van der Waals surface area contributed by atoms with E-state index >= 15 is 4.39 Å². The van der Waals surface area contributed by atoms with Crippen LogP contribution in [-0.2, 0) is 0 Å². The molecule has 1 amide bonds. The first-order valence-electron chi connectivity index (χ1n) is 15.7. The van der Waals surface area contributed by atoms with E-state index in [0.29, 0.717) is 61.1 Å². The molecule has 6 aromatic rings. The summed E-state index contributed by atoms with van der Waals surface area (Å²) in [6.07, 6.45) is 3.69. The van der Waals surface area contributed by atoms with Crippen molar-refractivity contribution < 1.29 is 13.6 Å². The molecule has 0 spiro atoms. The number of aromatic nitrogens is 1. The predicted molar refractivity (Wildman–Crippen MR) is 177 cm³/mol. The van der Waals surface area contributed by atoms with Crippen LogP contribution < -0.4 is 26.5 Å². The van der Waals surface area contributed by atoms with Gasteiger partial charge in [-0.2, -0.15) is 0 Å². The predicted octanol–water partition coefficient (Wildman–Crippen LogP) is 3.38. The Balaban J connectivity index is 1.40. The van der Waals surface area contributed by atoms with Gasteiger partial charge in [0.15, 0.2) is 27.8 Å². The van der Waals surface area contributed by atoms with Crippen LogP contribution in [0.15, 0.2) is 67.5 Å². The van der Waals surface area contributed by atoms with E-state index in [1.54, 1.807) is 34.7 Å². The van der Waals surface area contributed by atoms with Gasteiger partial charge in [-0.05, 0) is 51.2 Å². The SMILES string of the molecule is CN1CCN(c2c(F)cc3c(=O)c(C(=O)NCCN4CCCC4)cn4c5cc6c(=O)c7ccccc7c(=O)c6cc5oc2c34)CC1. The summed E-state index contributed by atoms with van der Waals surface area (Å²) < 4.78 is 24.2. The highest BCUT2D eigenvalue weighted by molar-refractivity contribution is 6.08. The average Bonchev–Trinajstić information content (AvgIpc) is 3.58. The molecule has 2 aromatic heterocycles. The van der Waals surface area contributed by atoms with Gasteiger partial charge in [-0.15, -0.1) is 0 Å². The normalized spacial score (nSPS) is 16.5. The number of fused-ring (bicyclic) bond motifs is 4. The van der Waals surface area contributed by atoms with E-state index in [1.165, 1.54) is 18.3 Å². The molecule has 2 aliphatic heterocycles. The molecule has 0 saturated carbocycles. The van der Waals surface area contributed by atoms with Gasteiger partial charge >= 0.3 is 0 Å². The van der Waals surface area contributed by atoms with Crippen LogP contribution in [0.25, 0.3) is 49.1 Å². The Bertz CT molecular complexity index is 2390. The first-order chi connectivity index (χ1) is 22.3. The molecule has 1 N–H and O–H groups in total. The zero-order valence-corrected chi connectivity index (χ0v) is 25.4. The van der Waals surface area contributed by atoms with Gasteiger partial charge in [0.2, 0.25) is 5.43 Å². The summed E-state index contributed by atoms with van der Waals surface area (Å²) in [4.78, 5) is 60.9. The van der Waals surface area contributed by atoms with Crippen LogP contribution in [0.1, 0.15) is 23.2 Å². The van der Waals surface area contributed by atoms with E-state index < -0.39 is 17.2 Å². The van der Waals surface area contributed by atoms with Gasteiger partial charge in [0.05, 0.1) is 10.9 Å². The summed E-state index contributed by atoms with van der Waals surface area (Å²) in [5.41, 5.74) is -0.136. The molecule has 46 heavy (non-hydrogen) atoms. The number of halogens is 1. The lowest BCUT2D eigenvalue weighted by Crippen LogP contribution is -2.45. The number of hydrogen-bond acceptors (Lipinski definition) is 8. The van der Waals surface area contributed by atoms with Crippen molar-refractivity contribution in [3.05, 3.63) is 90.7 Å². The second kappa shape index (κ2) is 10.9. The standard InChI is InChI=1S/C35H32FN5O5/c1-38-12-14-40(15-13-38)30-26(36)16-24-29-34(30)46-28-18-23-22(31(42)20-6-2-3-7-21(20)32(23)43)17-27(28)41(29)19-25(33(24)44)35(45)37-8-11-39-9-4-5-10-39/h2-3,6-7,16-19H,4-5,8-15H2,1H3,(H,37,45). The van der Waals surface area contributed by atoms with Crippen LogP contribution in [0.3, 0.4) is 0 Å². The van der Waals surface area contributed by atoms with Gasteiger partial charge in [0.1, 0.15) is 16.8 Å². The van der Waals surface area contributed by atoms with Crippen molar-refractivity contribution in [2.45, 2.75) is 12.8 Å². The Labute approximate surface area is 261 Å². The van der Waals surface area contributed by atoms with Crippen LogP contribution in [0, 0.1) is 5.82 Å². The summed E-state index contributed by atoms with van der Waals surface area (Å²) in [6.45, 7) is 5.48. The van der Waals surface area contributed by atoms with Crippen molar-refractivity contribution in [1.29, 1.82) is 0 Å². The molecule has 8 rings (SSSR count). The number of carbonyl (C=O) groups excluding carboxylic acids is 1. The van der Waals surface area contributed by atoms with Gasteiger partial charge in [0.25, 0.3) is 5.91 Å². The zero-order valence-electron chi connectivity index (χ0n) is 25.4. The minimum atomic E-state index is -0.635. The maximum atomic E-state index is 16.1. The van der Waals surface area contributed by atoms with E-state index in [4.69, 9.17) is 4.42 Å². The van der Waals surface area contributed by atoms with Crippen molar-refractivity contribution in [3.63, 3.8) is 0 Å². The summed E-state index contributed by atoms with van der Waals surface area (Å²) in [5.74, 6) is -1.20. The number of carbonyl (C=O) groups is 1. The van der Waals surface area contributed by atoms with Crippen LogP contribution in [0.4, 0.5) is 10.1 Å². The fourth-order valence-electron chi connectivity index (χ4n) is 7.11. The number of nitrogens with one attached hydrogen (secondary N) is 1. The first kappa shape index (κ1) is 28.6. The van der Waals surface area contributed by atoms with Gasteiger partial charge < -0.3 is 28.8 Å². The lowest BCUT2D eigenvalue weighted by molar-refractivity contribution is 0.0948. The average molecular weight is 622 g/mol. The second-order valence-corrected chi connectivity index (χ2v) is 12.4. The molecule has 2 saturated heterocycles. The Morgan fingerprint density at radius 1 is 0.848 bits per heavy atom. The van der Waals surface area contributed by atoms with E-state index in [9.17, 15) is 19.2 Å². The summed E-state index contributed by atoms with van der Waals surface area (Å²) in [6, 6.07) is 10.9. The molecule has 0 bridgehead atoms. The Hall–Kier alpha value is -4.87. The number of rotatable bonds is 5. The highest BCUT2D eigenvalue weighted by Crippen LogP contribution is 2.37. The minimum Gasteiger partial charge on any atom is -0.451 e. The molecule has 0 aliphatic carbocycles. The Morgan fingerprint density at radius 2 is 1.52 bits per heavy atom. The van der Waals surface area contributed by atoms with Gasteiger partial charge in [-0.25, -0.2) is 4.39 Å². The number of anilines is 1. The van der Waals surface area contributed by atoms with Crippen molar-refractivity contribution in [1.82, 2.24) is 19.5 Å². The maximum Gasteiger partial charge on any atom is 0.256 e. The Morgan fingerprint density at radius 3 is 2.22 bits per heavy atom. The van der Waals surface area contributed by atoms with E-state index in [2.05, 4.69) is 15.1 Å². The number of hydrogen-bond donors (Lipinski definition) is 1. The van der Waals surface area contributed by atoms with E-state index in [1.807, 2.05) is 11.9 Å². The fourth-order valence-corrected chi connectivity index (χ4v) is 7.11. The van der Waals surface area contributed by atoms with Crippen LogP contribution >= 0.6 is 0 Å². The van der Waals surface area contributed by atoms with Crippen LogP contribution in [0.2, 0.25) is 0 Å². The molecule has 2 fully saturated rings. The molecule has 0 unspecified atom stereocenters. The summed E-state index contributed by atoms with van der Waals surface area (Å²) in [5, 5.41) is 3.84. The third-order valence-corrected chi connectivity index (χ3v) is 9.62. The number of piperazine rings is 1. The zero-order chi connectivity index (χ0) is 31.7. The molecular formula is C35H32FN5O5. The molecule has 11 heteroatoms. The fraction of sp³-hybridized carbons (Fsp3) is 0.314. The topological polar surface area (TPSA) is 108 Å². The number of pyridine rings is 1. The van der Waals surface area contributed by atoms with Crippen molar-refractivity contribution in [2.75, 3.05) is 64.3 Å². The molecular weight excluding hydrogens is 589 g/mol. The quantitative estimate of drug-likeness (QED) is 0.231. The van der Waals surface area contributed by atoms with Gasteiger partial charge in [0, 0.05) is 67.0 Å². The number of likely N-dealkylation sites (N-methyl/N-ethyl adjacent to an activating group) is 1. The lowest BCUT2D eigenvalue weighted by Gasteiger charge is -2.34. The highest BCUT2D eigenvalue weighted by Gasteiger charge is 2.27. The number of likely N-dealkylation sites (tertiary alicyclic amines) is 1. The molecule has 2 aliphatic rings. The Kier molecular flexibility index (Phi) is 6.77. The molecule has 4 aromatic carbocycles. The molecule has 4 heterocycles.